The van der Waals surface area contributed by atoms with Crippen molar-refractivity contribution >= 4 is 17.9 Å². The highest BCUT2D eigenvalue weighted by Crippen LogP contribution is 2.23. The second-order valence-electron chi connectivity index (χ2n) is 5.18. The minimum atomic E-state index is -0.560. The Hall–Kier alpha value is -1.59. The molecule has 0 radical (unpaired) electrons. The average molecular weight is 268 g/mol. The first-order valence-electron chi connectivity index (χ1n) is 6.82. The Morgan fingerprint density at radius 1 is 1.32 bits per heavy atom. The summed E-state index contributed by atoms with van der Waals surface area (Å²) in [7, 11) is 0. The Kier molecular flexibility index (Phi) is 4.07. The first-order chi connectivity index (χ1) is 9.06. The van der Waals surface area contributed by atoms with Gasteiger partial charge in [0.15, 0.2) is 6.61 Å². The number of imide groups is 1. The molecule has 0 bridgehead atoms. The average Bonchev–Trinajstić information content (AvgIpc) is 2.65. The number of rotatable bonds is 5. The summed E-state index contributed by atoms with van der Waals surface area (Å²) in [4.78, 5) is 37.7. The van der Waals surface area contributed by atoms with E-state index in [9.17, 15) is 14.4 Å². The van der Waals surface area contributed by atoms with Gasteiger partial charge in [0.05, 0.1) is 0 Å². The molecule has 2 aliphatic heterocycles. The zero-order valence-corrected chi connectivity index (χ0v) is 11.4. The maximum atomic E-state index is 12.1. The molecule has 2 fully saturated rings. The van der Waals surface area contributed by atoms with E-state index >= 15 is 0 Å². The molecule has 19 heavy (non-hydrogen) atoms. The molecule has 0 atom stereocenters. The van der Waals surface area contributed by atoms with Gasteiger partial charge in [0, 0.05) is 31.5 Å². The van der Waals surface area contributed by atoms with E-state index in [2.05, 4.69) is 4.74 Å². The van der Waals surface area contributed by atoms with Gasteiger partial charge in [-0.05, 0) is 12.8 Å². The SMILES string of the molecule is CCC(CC)C(=O)N1CC(CN2C(=O)COC2=O)C1. The molecule has 2 aliphatic rings. The van der Waals surface area contributed by atoms with E-state index in [0.717, 1.165) is 17.7 Å². The third-order valence-corrected chi connectivity index (χ3v) is 3.89. The number of hydrogen-bond acceptors (Lipinski definition) is 4. The highest BCUT2D eigenvalue weighted by molar-refractivity contribution is 5.97. The van der Waals surface area contributed by atoms with Crippen molar-refractivity contribution in [2.24, 2.45) is 11.8 Å². The second-order valence-corrected chi connectivity index (χ2v) is 5.18. The molecule has 0 unspecified atom stereocenters. The van der Waals surface area contributed by atoms with Crippen LogP contribution in [0.1, 0.15) is 26.7 Å². The van der Waals surface area contributed by atoms with Crippen LogP contribution >= 0.6 is 0 Å². The number of carbonyl (C=O) groups is 3. The van der Waals surface area contributed by atoms with Gasteiger partial charge in [-0.15, -0.1) is 0 Å². The standard InChI is InChI=1S/C13H20N2O4/c1-3-10(4-2)12(17)14-5-9(6-14)7-15-11(16)8-19-13(15)18/h9-10H,3-8H2,1-2H3. The molecule has 0 spiro atoms. The van der Waals surface area contributed by atoms with Gasteiger partial charge < -0.3 is 9.64 Å². The monoisotopic (exact) mass is 268 g/mol. The molecule has 0 aliphatic carbocycles. The van der Waals surface area contributed by atoms with Crippen LogP contribution in [0.2, 0.25) is 0 Å². The Morgan fingerprint density at radius 3 is 2.42 bits per heavy atom. The number of amides is 3. The summed E-state index contributed by atoms with van der Waals surface area (Å²) in [6, 6.07) is 0. The van der Waals surface area contributed by atoms with Crippen molar-refractivity contribution in [2.45, 2.75) is 26.7 Å². The third-order valence-electron chi connectivity index (χ3n) is 3.89. The van der Waals surface area contributed by atoms with E-state index in [0.29, 0.717) is 19.6 Å². The van der Waals surface area contributed by atoms with E-state index in [1.807, 2.05) is 18.7 Å². The maximum Gasteiger partial charge on any atom is 0.417 e. The number of cyclic esters (lactones) is 1. The lowest BCUT2D eigenvalue weighted by molar-refractivity contribution is -0.142. The number of likely N-dealkylation sites (tertiary alicyclic amines) is 1. The lowest BCUT2D eigenvalue weighted by Gasteiger charge is -2.41. The van der Waals surface area contributed by atoms with Crippen molar-refractivity contribution in [1.29, 1.82) is 0 Å². The Balaban J connectivity index is 1.79. The molecule has 6 heteroatoms. The number of ether oxygens (including phenoxy) is 1. The summed E-state index contributed by atoms with van der Waals surface area (Å²) < 4.78 is 4.65. The van der Waals surface area contributed by atoms with E-state index in [4.69, 9.17) is 0 Å². The predicted molar refractivity (Wildman–Crippen MR) is 67.2 cm³/mol. The molecule has 2 saturated heterocycles. The first kappa shape index (κ1) is 13.8. The minimum Gasteiger partial charge on any atom is -0.439 e. The Bertz CT molecular complexity index is 370. The fourth-order valence-corrected chi connectivity index (χ4v) is 2.58. The predicted octanol–water partition coefficient (Wildman–Crippen LogP) is 0.860. The molecule has 0 aromatic heterocycles. The molecule has 0 N–H and O–H groups in total. The smallest absolute Gasteiger partial charge is 0.417 e. The quantitative estimate of drug-likeness (QED) is 0.741. The molecule has 2 heterocycles. The Morgan fingerprint density at radius 2 is 1.95 bits per heavy atom. The van der Waals surface area contributed by atoms with Crippen LogP contribution in [0.4, 0.5) is 4.79 Å². The van der Waals surface area contributed by atoms with Crippen LogP contribution < -0.4 is 0 Å². The van der Waals surface area contributed by atoms with Crippen LogP contribution in [0.15, 0.2) is 0 Å². The van der Waals surface area contributed by atoms with Crippen LogP contribution in [0.3, 0.4) is 0 Å². The normalized spacial score (nSPS) is 19.9. The van der Waals surface area contributed by atoms with Crippen molar-refractivity contribution in [3.05, 3.63) is 0 Å². The van der Waals surface area contributed by atoms with Gasteiger partial charge in [-0.3, -0.25) is 9.59 Å². The molecule has 106 valence electrons. The largest absolute Gasteiger partial charge is 0.439 e. The second kappa shape index (κ2) is 5.59. The van der Waals surface area contributed by atoms with Gasteiger partial charge in [-0.1, -0.05) is 13.8 Å². The van der Waals surface area contributed by atoms with Crippen LogP contribution in [0, 0.1) is 11.8 Å². The molecule has 0 saturated carbocycles. The highest BCUT2D eigenvalue weighted by atomic mass is 16.6. The van der Waals surface area contributed by atoms with Gasteiger partial charge in [0.2, 0.25) is 5.91 Å². The zero-order valence-electron chi connectivity index (χ0n) is 11.4. The summed E-state index contributed by atoms with van der Waals surface area (Å²) in [6.07, 6.45) is 1.15. The van der Waals surface area contributed by atoms with Crippen LogP contribution in [-0.2, 0) is 14.3 Å². The maximum absolute atomic E-state index is 12.1. The number of nitrogens with zero attached hydrogens (tertiary/aromatic N) is 2. The lowest BCUT2D eigenvalue weighted by atomic mass is 9.94. The van der Waals surface area contributed by atoms with E-state index in [1.54, 1.807) is 0 Å². The van der Waals surface area contributed by atoms with Gasteiger partial charge in [-0.25, -0.2) is 9.69 Å². The third kappa shape index (κ3) is 2.72. The van der Waals surface area contributed by atoms with Gasteiger partial charge in [-0.2, -0.15) is 0 Å². The fourth-order valence-electron chi connectivity index (χ4n) is 2.58. The van der Waals surface area contributed by atoms with E-state index < -0.39 is 6.09 Å². The fraction of sp³-hybridized carbons (Fsp3) is 0.769. The molecular weight excluding hydrogens is 248 g/mol. The van der Waals surface area contributed by atoms with Gasteiger partial charge >= 0.3 is 6.09 Å². The van der Waals surface area contributed by atoms with Crippen molar-refractivity contribution < 1.29 is 19.1 Å². The van der Waals surface area contributed by atoms with Crippen molar-refractivity contribution in [3.8, 4) is 0 Å². The van der Waals surface area contributed by atoms with Crippen molar-refractivity contribution in [2.75, 3.05) is 26.2 Å². The summed E-state index contributed by atoms with van der Waals surface area (Å²) in [5, 5.41) is 0. The molecule has 0 aromatic carbocycles. The molecular formula is C13H20N2O4. The van der Waals surface area contributed by atoms with Crippen LogP contribution in [0.25, 0.3) is 0 Å². The summed E-state index contributed by atoms with van der Waals surface area (Å²) in [6.45, 7) is 5.51. The van der Waals surface area contributed by atoms with Crippen molar-refractivity contribution in [3.63, 3.8) is 0 Å². The minimum absolute atomic E-state index is 0.0966. The number of carbonyl (C=O) groups excluding carboxylic acids is 3. The van der Waals surface area contributed by atoms with E-state index in [-0.39, 0.29) is 30.3 Å². The molecule has 6 nitrogen and oxygen atoms in total. The summed E-state index contributed by atoms with van der Waals surface area (Å²) in [5.41, 5.74) is 0. The summed E-state index contributed by atoms with van der Waals surface area (Å²) in [5.74, 6) is 0.193. The van der Waals surface area contributed by atoms with Crippen LogP contribution in [0.5, 0.6) is 0 Å². The highest BCUT2D eigenvalue weighted by Gasteiger charge is 2.39. The van der Waals surface area contributed by atoms with Gasteiger partial charge in [0.25, 0.3) is 5.91 Å². The van der Waals surface area contributed by atoms with E-state index in [1.165, 1.54) is 0 Å². The zero-order chi connectivity index (χ0) is 14.0. The Labute approximate surface area is 112 Å². The lowest BCUT2D eigenvalue weighted by Crippen LogP contribution is -2.55. The molecule has 0 aromatic rings. The first-order valence-corrected chi connectivity index (χ1v) is 6.82. The van der Waals surface area contributed by atoms with Crippen molar-refractivity contribution in [1.82, 2.24) is 9.80 Å². The molecule has 3 amide bonds. The number of hydrogen-bond donors (Lipinski definition) is 0. The summed E-state index contributed by atoms with van der Waals surface area (Å²) >= 11 is 0. The van der Waals surface area contributed by atoms with Crippen LogP contribution in [-0.4, -0.2) is 53.9 Å². The van der Waals surface area contributed by atoms with Gasteiger partial charge in [0.1, 0.15) is 0 Å². The topological polar surface area (TPSA) is 66.9 Å². The molecule has 2 rings (SSSR count).